The van der Waals surface area contributed by atoms with E-state index in [2.05, 4.69) is 81.4 Å². The molecule has 0 unspecified atom stereocenters. The topological polar surface area (TPSA) is 390 Å². The number of nitrogens with two attached hydrogens (primary N) is 2. The third kappa shape index (κ3) is 29.3. The molecule has 0 spiro atoms. The van der Waals surface area contributed by atoms with Crippen molar-refractivity contribution in [3.63, 3.8) is 0 Å². The van der Waals surface area contributed by atoms with Crippen molar-refractivity contribution in [1.29, 1.82) is 0 Å². The van der Waals surface area contributed by atoms with Crippen LogP contribution in [0.5, 0.6) is 0 Å². The third-order valence-corrected chi connectivity index (χ3v) is 17.4. The largest absolute Gasteiger partial charge is 0.461 e. The minimum Gasteiger partial charge on any atom is -0.461 e. The maximum absolute atomic E-state index is 13.1. The van der Waals surface area contributed by atoms with Gasteiger partial charge in [-0.15, -0.1) is 0 Å². The lowest BCUT2D eigenvalue weighted by Gasteiger charge is -2.11. The number of ketones is 2. The van der Waals surface area contributed by atoms with Crippen LogP contribution >= 0.6 is 11.6 Å². The van der Waals surface area contributed by atoms with Gasteiger partial charge in [-0.1, -0.05) is 11.6 Å². The normalized spacial score (nSPS) is 10.4. The maximum Gasteiger partial charge on any atom is 0.358 e. The van der Waals surface area contributed by atoms with Gasteiger partial charge in [-0.2, -0.15) is 25.5 Å². The molecule has 0 aliphatic carbocycles. The van der Waals surface area contributed by atoms with Gasteiger partial charge in [0.15, 0.2) is 40.2 Å². The Kier molecular flexibility index (Phi) is 34.5. The Balaban J connectivity index is 0.000000163. The van der Waals surface area contributed by atoms with Crippen molar-refractivity contribution in [1.82, 2.24) is 73.8 Å². The zero-order chi connectivity index (χ0) is 91.6. The number of Topliss-reactive ketones (excluding diaryl/α,β-unsaturated/α-hetero) is 2. The third-order valence-electron chi connectivity index (χ3n) is 17.3. The van der Waals surface area contributed by atoms with Crippen LogP contribution in [0.15, 0.2) is 243 Å². The second-order valence-corrected chi connectivity index (χ2v) is 27.5. The molecule has 0 saturated heterocycles. The summed E-state index contributed by atoms with van der Waals surface area (Å²) < 4.78 is 94.1. The number of nitrogens with one attached hydrogen (secondary N) is 4. The first-order chi connectivity index (χ1) is 61.7. The lowest BCUT2D eigenvalue weighted by molar-refractivity contribution is -0.117. The number of nitrogen functional groups attached to an aromatic ring is 1. The molecule has 10 N–H and O–H groups in total. The number of ether oxygens (including phenoxy) is 2. The number of nitrogens with zero attached hydrogens (tertiary/aromatic N) is 17. The molecule has 654 valence electrons. The van der Waals surface area contributed by atoms with Crippen molar-refractivity contribution in [3.8, 4) is 29.1 Å². The molecule has 0 fully saturated rings. The number of aliphatic hydroxyl groups is 2. The van der Waals surface area contributed by atoms with Crippen molar-refractivity contribution in [2.24, 2.45) is 5.73 Å². The number of alkyl halides is 1. The smallest absolute Gasteiger partial charge is 0.358 e. The zero-order valence-electron chi connectivity index (χ0n) is 68.9. The summed E-state index contributed by atoms with van der Waals surface area (Å²) in [5, 5.41) is 51.6. The van der Waals surface area contributed by atoms with Gasteiger partial charge in [-0.25, -0.2) is 94.0 Å². The summed E-state index contributed by atoms with van der Waals surface area (Å²) in [6.45, 7) is 20.7. The Morgan fingerprint density at radius 2 is 0.719 bits per heavy atom. The van der Waals surface area contributed by atoms with E-state index in [1.807, 2.05) is 36.4 Å². The fraction of sp³-hybridized carbons (Fsp3) is 0.156. The number of pyridine rings is 5. The second kappa shape index (κ2) is 47.0. The molecule has 0 saturated carbocycles. The van der Waals surface area contributed by atoms with Crippen LogP contribution in [-0.4, -0.2) is 121 Å². The molecule has 31 nitrogen and oxygen atoms in total. The Morgan fingerprint density at radius 1 is 0.414 bits per heavy atom. The Bertz CT molecular complexity index is 6150. The van der Waals surface area contributed by atoms with Crippen LogP contribution in [-0.2, 0) is 58.3 Å². The van der Waals surface area contributed by atoms with E-state index < -0.39 is 18.6 Å². The number of hydrogen-bond acceptors (Lipinski definition) is 24. The quantitative estimate of drug-likeness (QED) is 0.00779. The lowest BCUT2D eigenvalue weighted by atomic mass is 10.1. The average molecular weight is 1760 g/mol. The van der Waals surface area contributed by atoms with Crippen molar-refractivity contribution in [2.75, 3.05) is 40.2 Å². The highest BCUT2D eigenvalue weighted by Crippen LogP contribution is 2.28. The summed E-state index contributed by atoms with van der Waals surface area (Å²) in [6, 6.07) is 54.5. The fourth-order valence-corrected chi connectivity index (χ4v) is 11.3. The summed E-state index contributed by atoms with van der Waals surface area (Å²) in [4.78, 5) is 74.4. The molecule has 0 aliphatic rings. The molecule has 38 heteroatoms. The van der Waals surface area contributed by atoms with Crippen LogP contribution in [0.3, 0.4) is 0 Å². The Hall–Kier alpha value is -16.1. The van der Waals surface area contributed by atoms with Crippen molar-refractivity contribution >= 4 is 98.2 Å². The van der Waals surface area contributed by atoms with Gasteiger partial charge in [0.25, 0.3) is 0 Å². The number of aromatic nitrogens is 15. The van der Waals surface area contributed by atoms with E-state index in [1.54, 1.807) is 147 Å². The van der Waals surface area contributed by atoms with Crippen molar-refractivity contribution in [2.45, 2.75) is 79.8 Å². The predicted molar refractivity (Wildman–Crippen MR) is 468 cm³/mol. The van der Waals surface area contributed by atoms with Crippen molar-refractivity contribution in [3.05, 3.63) is 346 Å². The summed E-state index contributed by atoms with van der Waals surface area (Å²) >= 11 is 5.81. The van der Waals surface area contributed by atoms with E-state index in [0.717, 1.165) is 22.4 Å². The monoisotopic (exact) mass is 1760 g/mol. The number of halogens is 7. The fourth-order valence-electron chi connectivity index (χ4n) is 11.1. The minimum atomic E-state index is -0.655. The highest BCUT2D eigenvalue weighted by Gasteiger charge is 2.18. The Labute approximate surface area is 734 Å². The number of anilines is 9. The number of rotatable bonds is 27. The van der Waals surface area contributed by atoms with Gasteiger partial charge in [0.1, 0.15) is 87.4 Å². The second-order valence-electron chi connectivity index (χ2n) is 27.1. The summed E-state index contributed by atoms with van der Waals surface area (Å²) in [5.74, 6) is 2.09. The standard InChI is InChI=1S/C19H18F2N4O.C19H19FN4O2.C18H14FN5O2.C16H16FN5O.C12H9ClN4O2.C6H6FN/c1-13(26)2-3-14-10-18(22-16-6-4-15(21)5-7-16)23-19(11-14)25-9-8-17(12-20)24-25;1-13(26)2-3-14-10-18(21-16-6-4-15(20)5-7-16)22-19(11-14)24-9-8-17(12-25)23-24;1-3-26-18(25)15-8-9-24(23-15)17-11-14(20-2)10-16(22-17)21-13-6-4-12(19)5-7-13;17-12-1-3-13(4-2-12)19-15-7-11(9-18)8-16(20-15)22-6-5-14(10-23)21-22;1-3-19-12(18)9-4-5-17(16-9)11-7-8(14-2)6-10(13)15-11;7-5-1-3-6(8)4-2-5/h4-11H,2-3,12H2,1H3,(H,22,23);4-11,25H,2-3,12H2,1H3,(H,21,22);4-11H,3H2,1H3,(H,21,22);1-8,23H,9-10,18H2,(H,19,20);4-7H,3H2,1H3;1-4H,8H2. The molecule has 0 radical (unpaired) electrons. The molecular weight excluding hydrogens is 1680 g/mol. The van der Waals surface area contributed by atoms with Gasteiger partial charge in [0.05, 0.1) is 56.7 Å². The predicted octanol–water partition coefficient (Wildman–Crippen LogP) is 17.3. The van der Waals surface area contributed by atoms with Crippen molar-refractivity contribution < 1.29 is 65.2 Å². The number of aryl methyl sites for hydroxylation is 2. The molecule has 0 atom stereocenters. The van der Waals surface area contributed by atoms with Crippen LogP contribution in [0, 0.1) is 42.2 Å². The number of carbonyl (C=O) groups is 4. The average Bonchev–Trinajstić information content (AvgIpc) is 1.71. The van der Waals surface area contributed by atoms with Crippen LogP contribution < -0.4 is 32.7 Å². The first-order valence-electron chi connectivity index (χ1n) is 38.9. The highest BCUT2D eigenvalue weighted by molar-refractivity contribution is 6.29. The summed E-state index contributed by atoms with van der Waals surface area (Å²) in [6.07, 6.45) is 10.2. The SMILES string of the molecule is CC(=O)CCc1cc(Nc2ccc(F)cc2)nc(-n2ccc(CF)n2)c1.CC(=O)CCc1cc(Nc2ccc(F)cc2)nc(-n2ccc(CO)n2)c1.NCc1cc(Nc2ccc(F)cc2)nc(-n2ccc(CO)n2)c1.Nc1ccc(F)cc1.[C-]#[N+]c1cc(Cl)nc(-n2ccc(C(=O)OCC)n2)c1.[C-]#[N+]c1cc(Nc2ccc(F)cc2)nc(-n2ccc(C(=O)OCC)n2)c1. The molecule has 0 aliphatic heterocycles. The van der Waals surface area contributed by atoms with Crippen LogP contribution in [0.25, 0.3) is 38.8 Å². The maximum atomic E-state index is 13.1. The van der Waals surface area contributed by atoms with Gasteiger partial charge in [0, 0.05) is 78.8 Å². The first kappa shape index (κ1) is 94.2. The first-order valence-corrected chi connectivity index (χ1v) is 39.3. The number of aliphatic hydroxyl groups excluding tert-OH is 2. The minimum absolute atomic E-state index is 0.0928. The van der Waals surface area contributed by atoms with E-state index in [0.29, 0.717) is 136 Å². The molecule has 0 amide bonds. The van der Waals surface area contributed by atoms with E-state index >= 15 is 0 Å². The molecule has 0 bridgehead atoms. The molecule has 128 heavy (non-hydrogen) atoms. The molecule has 15 rings (SSSR count). The number of carbonyl (C=O) groups excluding carboxylic acids is 4. The number of esters is 2. The van der Waals surface area contributed by atoms with E-state index in [4.69, 9.17) is 50.8 Å². The molecule has 15 aromatic rings. The van der Waals surface area contributed by atoms with E-state index in [-0.39, 0.29) is 83.6 Å². The van der Waals surface area contributed by atoms with E-state index in [9.17, 15) is 50.6 Å². The van der Waals surface area contributed by atoms with Gasteiger partial charge in [-0.05, 0) is 270 Å². The Morgan fingerprint density at radius 3 is 1.04 bits per heavy atom. The zero-order valence-corrected chi connectivity index (χ0v) is 69.7. The van der Waals surface area contributed by atoms with Gasteiger partial charge in [-0.3, -0.25) is 0 Å². The molecular formula is C90H82ClF6N23O8. The molecule has 10 heterocycles. The van der Waals surface area contributed by atoms with Crippen LogP contribution in [0.4, 0.5) is 89.4 Å². The van der Waals surface area contributed by atoms with Gasteiger partial charge >= 0.3 is 11.9 Å². The summed E-state index contributed by atoms with van der Waals surface area (Å²) in [7, 11) is 0. The lowest BCUT2D eigenvalue weighted by Crippen LogP contribution is -2.07. The summed E-state index contributed by atoms with van der Waals surface area (Å²) in [5.41, 5.74) is 19.4. The van der Waals surface area contributed by atoms with Gasteiger partial charge < -0.3 is 62.0 Å². The highest BCUT2D eigenvalue weighted by atomic mass is 35.5. The van der Waals surface area contributed by atoms with Crippen LogP contribution in [0.2, 0.25) is 5.15 Å². The number of benzene rings is 5. The van der Waals surface area contributed by atoms with Gasteiger partial charge in [0.2, 0.25) is 0 Å². The van der Waals surface area contributed by atoms with Crippen LogP contribution in [0.1, 0.15) is 95.3 Å². The molecule has 5 aromatic carbocycles. The number of hydrogen-bond donors (Lipinski definition) is 8. The molecule has 10 aromatic heterocycles. The van der Waals surface area contributed by atoms with E-state index in [1.165, 1.54) is 111 Å².